The molecule has 34 heavy (non-hydrogen) atoms. The maximum atomic E-state index is 13.6. The van der Waals surface area contributed by atoms with Crippen LogP contribution < -0.4 is 14.4 Å². The molecular formula is C26H29ClN2O4S. The maximum Gasteiger partial charge on any atom is 0.264 e. The lowest BCUT2D eigenvalue weighted by molar-refractivity contribution is -0.120. The lowest BCUT2D eigenvalue weighted by atomic mass is 9.96. The molecule has 0 spiro atoms. The molecule has 0 saturated carbocycles. The number of hydrogen-bond donors (Lipinski definition) is 1. The van der Waals surface area contributed by atoms with Crippen molar-refractivity contribution in [2.45, 2.75) is 38.6 Å². The van der Waals surface area contributed by atoms with Crippen LogP contribution in [-0.4, -0.2) is 28.0 Å². The van der Waals surface area contributed by atoms with E-state index in [0.717, 1.165) is 21.0 Å². The molecule has 0 fully saturated rings. The molecular weight excluding hydrogens is 472 g/mol. The van der Waals surface area contributed by atoms with Gasteiger partial charge in [0.05, 0.1) is 23.7 Å². The van der Waals surface area contributed by atoms with Gasteiger partial charge >= 0.3 is 0 Å². The smallest absolute Gasteiger partial charge is 0.264 e. The first-order valence-corrected chi connectivity index (χ1v) is 12.6. The summed E-state index contributed by atoms with van der Waals surface area (Å²) in [4.78, 5) is 13.2. The number of nitrogens with one attached hydrogen (secondary N) is 1. The van der Waals surface area contributed by atoms with Gasteiger partial charge in [0, 0.05) is 5.02 Å². The Hall–Kier alpha value is -3.03. The minimum absolute atomic E-state index is 0.0582. The van der Waals surface area contributed by atoms with Crippen LogP contribution in [0.2, 0.25) is 5.02 Å². The Kier molecular flexibility index (Phi) is 7.89. The molecule has 0 aliphatic heterocycles. The third kappa shape index (κ3) is 5.54. The fourth-order valence-corrected chi connectivity index (χ4v) is 5.43. The Balaban J connectivity index is 1.97. The number of rotatable bonds is 8. The molecule has 0 saturated heterocycles. The maximum absolute atomic E-state index is 13.6. The largest absolute Gasteiger partial charge is 0.495 e. The quantitative estimate of drug-likeness (QED) is 0.452. The van der Waals surface area contributed by atoms with Gasteiger partial charge in [0.25, 0.3) is 10.0 Å². The van der Waals surface area contributed by atoms with Gasteiger partial charge in [-0.05, 0) is 80.3 Å². The second-order valence-corrected chi connectivity index (χ2v) is 10.5. The van der Waals surface area contributed by atoms with Gasteiger partial charge in [-0.1, -0.05) is 41.9 Å². The van der Waals surface area contributed by atoms with Crippen molar-refractivity contribution in [1.82, 2.24) is 5.32 Å². The molecule has 0 radical (unpaired) electrons. The van der Waals surface area contributed by atoms with Crippen LogP contribution in [0.4, 0.5) is 5.69 Å². The van der Waals surface area contributed by atoms with Crippen molar-refractivity contribution < 1.29 is 17.9 Å². The summed E-state index contributed by atoms with van der Waals surface area (Å²) in [6.45, 7) is 7.49. The van der Waals surface area contributed by atoms with Crippen LogP contribution in [0.15, 0.2) is 65.6 Å². The topological polar surface area (TPSA) is 75.7 Å². The van der Waals surface area contributed by atoms with Crippen molar-refractivity contribution in [3.63, 3.8) is 0 Å². The molecule has 0 heterocycles. The predicted octanol–water partition coefficient (Wildman–Crippen LogP) is 5.35. The molecule has 0 bridgehead atoms. The van der Waals surface area contributed by atoms with E-state index in [0.29, 0.717) is 5.02 Å². The predicted molar refractivity (Wildman–Crippen MR) is 136 cm³/mol. The summed E-state index contributed by atoms with van der Waals surface area (Å²) >= 11 is 6.18. The van der Waals surface area contributed by atoms with Crippen LogP contribution in [0, 0.1) is 20.8 Å². The third-order valence-electron chi connectivity index (χ3n) is 5.75. The summed E-state index contributed by atoms with van der Waals surface area (Å²) in [5.74, 6) is -0.165. The van der Waals surface area contributed by atoms with E-state index in [2.05, 4.69) is 11.4 Å². The van der Waals surface area contributed by atoms with Crippen LogP contribution in [0.3, 0.4) is 0 Å². The van der Waals surface area contributed by atoms with Crippen LogP contribution in [0.25, 0.3) is 0 Å². The zero-order valence-electron chi connectivity index (χ0n) is 19.9. The minimum atomic E-state index is -4.09. The number of carbonyl (C=O) groups is 1. The number of carbonyl (C=O) groups excluding carboxylic acids is 1. The summed E-state index contributed by atoms with van der Waals surface area (Å²) in [6, 6.07) is 16.4. The van der Waals surface area contributed by atoms with Gasteiger partial charge in [0.2, 0.25) is 5.91 Å². The fourth-order valence-electron chi connectivity index (χ4n) is 3.82. The van der Waals surface area contributed by atoms with Crippen LogP contribution in [-0.2, 0) is 14.8 Å². The SMILES string of the molecule is COc1ccc(Cl)cc1N(CC(=O)N[C@H](C)c1cc(C)c(C)cc1C)S(=O)(=O)c1ccccc1. The van der Waals surface area contributed by atoms with Gasteiger partial charge in [0.1, 0.15) is 12.3 Å². The second kappa shape index (κ2) is 10.5. The van der Waals surface area contributed by atoms with E-state index in [-0.39, 0.29) is 22.4 Å². The minimum Gasteiger partial charge on any atom is -0.495 e. The number of nitrogens with zero attached hydrogens (tertiary/aromatic N) is 1. The Morgan fingerprint density at radius 3 is 2.29 bits per heavy atom. The molecule has 8 heteroatoms. The first-order chi connectivity index (χ1) is 16.0. The third-order valence-corrected chi connectivity index (χ3v) is 7.76. The number of hydrogen-bond acceptors (Lipinski definition) is 4. The summed E-state index contributed by atoms with van der Waals surface area (Å²) < 4.78 is 33.6. The Morgan fingerprint density at radius 2 is 1.65 bits per heavy atom. The van der Waals surface area contributed by atoms with E-state index < -0.39 is 22.5 Å². The van der Waals surface area contributed by atoms with Gasteiger partial charge in [-0.3, -0.25) is 9.10 Å². The van der Waals surface area contributed by atoms with Crippen molar-refractivity contribution in [1.29, 1.82) is 0 Å². The van der Waals surface area contributed by atoms with Gasteiger partial charge in [-0.2, -0.15) is 0 Å². The van der Waals surface area contributed by atoms with Gasteiger partial charge in [-0.25, -0.2) is 8.42 Å². The first kappa shape index (κ1) is 25.6. The number of amides is 1. The molecule has 1 N–H and O–H groups in total. The fraction of sp³-hybridized carbons (Fsp3) is 0.269. The number of methoxy groups -OCH3 is 1. The van der Waals surface area contributed by atoms with E-state index in [1.54, 1.807) is 30.3 Å². The number of sulfonamides is 1. The zero-order valence-corrected chi connectivity index (χ0v) is 21.5. The highest BCUT2D eigenvalue weighted by atomic mass is 35.5. The van der Waals surface area contributed by atoms with E-state index in [4.69, 9.17) is 16.3 Å². The summed E-state index contributed by atoms with van der Waals surface area (Å²) in [5, 5.41) is 3.26. The van der Waals surface area contributed by atoms with Crippen molar-refractivity contribution in [3.8, 4) is 5.75 Å². The van der Waals surface area contributed by atoms with E-state index in [1.165, 1.54) is 30.9 Å². The van der Waals surface area contributed by atoms with Crippen molar-refractivity contribution in [2.24, 2.45) is 0 Å². The summed E-state index contributed by atoms with van der Waals surface area (Å²) in [5.41, 5.74) is 4.52. The molecule has 3 rings (SSSR count). The molecule has 0 aliphatic rings. The van der Waals surface area contributed by atoms with E-state index in [9.17, 15) is 13.2 Å². The molecule has 0 unspecified atom stereocenters. The van der Waals surface area contributed by atoms with Gasteiger partial charge < -0.3 is 10.1 Å². The number of aryl methyl sites for hydroxylation is 3. The van der Waals surface area contributed by atoms with Crippen LogP contribution in [0.5, 0.6) is 5.75 Å². The summed E-state index contributed by atoms with van der Waals surface area (Å²) in [7, 11) is -2.65. The zero-order chi connectivity index (χ0) is 25.0. The normalized spacial score (nSPS) is 12.2. The lowest BCUT2D eigenvalue weighted by Gasteiger charge is -2.27. The van der Waals surface area contributed by atoms with Gasteiger partial charge in [0.15, 0.2) is 0 Å². The number of ether oxygens (including phenoxy) is 1. The van der Waals surface area contributed by atoms with E-state index in [1.807, 2.05) is 33.8 Å². The molecule has 6 nitrogen and oxygen atoms in total. The second-order valence-electron chi connectivity index (χ2n) is 8.22. The van der Waals surface area contributed by atoms with Crippen molar-refractivity contribution in [2.75, 3.05) is 18.0 Å². The summed E-state index contributed by atoms with van der Waals surface area (Å²) in [6.07, 6.45) is 0. The number of anilines is 1. The Labute approximate surface area is 206 Å². The highest BCUT2D eigenvalue weighted by Crippen LogP contribution is 2.35. The molecule has 3 aromatic rings. The molecule has 1 amide bonds. The van der Waals surface area contributed by atoms with Crippen molar-refractivity contribution in [3.05, 3.63) is 87.9 Å². The average molecular weight is 501 g/mol. The molecule has 1 atom stereocenters. The number of halogens is 1. The number of benzene rings is 3. The van der Waals surface area contributed by atoms with E-state index >= 15 is 0 Å². The van der Waals surface area contributed by atoms with Crippen LogP contribution in [0.1, 0.15) is 35.2 Å². The highest BCUT2D eigenvalue weighted by molar-refractivity contribution is 7.92. The van der Waals surface area contributed by atoms with Gasteiger partial charge in [-0.15, -0.1) is 0 Å². The van der Waals surface area contributed by atoms with Crippen LogP contribution >= 0.6 is 11.6 Å². The Morgan fingerprint density at radius 1 is 1.00 bits per heavy atom. The Bertz CT molecular complexity index is 1290. The molecule has 0 aromatic heterocycles. The average Bonchev–Trinajstić information content (AvgIpc) is 2.80. The monoisotopic (exact) mass is 500 g/mol. The standard InChI is InChI=1S/C26H29ClN2O4S/c1-17-13-19(3)23(14-18(17)2)20(4)28-26(30)16-29(24-15-21(27)11-12-25(24)33-5)34(31,32)22-9-7-6-8-10-22/h6-15,20H,16H2,1-5H3,(H,28,30)/t20-/m1/s1. The molecule has 0 aliphatic carbocycles. The lowest BCUT2D eigenvalue weighted by Crippen LogP contribution is -2.41. The molecule has 3 aromatic carbocycles. The molecule has 180 valence electrons. The highest BCUT2D eigenvalue weighted by Gasteiger charge is 2.30. The first-order valence-electron chi connectivity index (χ1n) is 10.8. The van der Waals surface area contributed by atoms with Crippen molar-refractivity contribution >= 4 is 33.2 Å².